The molecule has 3 heteroatoms. The molecule has 3 rings (SSSR count). The van der Waals surface area contributed by atoms with Gasteiger partial charge in [0.15, 0.2) is 0 Å². The van der Waals surface area contributed by atoms with Gasteiger partial charge in [-0.05, 0) is 70.9 Å². The second-order valence-corrected chi connectivity index (χ2v) is 7.75. The van der Waals surface area contributed by atoms with E-state index in [1.165, 1.54) is 16.7 Å². The highest BCUT2D eigenvalue weighted by Gasteiger charge is 2.50. The van der Waals surface area contributed by atoms with Gasteiger partial charge in [0.2, 0.25) is 0 Å². The number of ether oxygens (including phenoxy) is 2. The van der Waals surface area contributed by atoms with Crippen LogP contribution >= 0.6 is 0 Å². The summed E-state index contributed by atoms with van der Waals surface area (Å²) in [4.78, 5) is 0. The van der Waals surface area contributed by atoms with E-state index in [4.69, 9.17) is 9.47 Å². The molecule has 0 spiro atoms. The van der Waals surface area contributed by atoms with Crippen molar-refractivity contribution in [2.24, 2.45) is 0 Å². The first-order valence-electron chi connectivity index (χ1n) is 8.89. The standard InChI is InChI=1S/C20H30O3/c1-13-6-5-9-20(4)18(23-20)8-7-14(2)11-17-19(16(21)10-13)15(3)12-22-17/h6,11,16-18,21H,5,7-10,12H2,1-4H3/b13-6-,14-11-/t16-,17+,18-,20-/m0/s1. The Morgan fingerprint density at radius 3 is 2.78 bits per heavy atom. The lowest BCUT2D eigenvalue weighted by atomic mass is 9.91. The van der Waals surface area contributed by atoms with Crippen molar-refractivity contribution in [2.45, 2.75) is 83.7 Å². The first kappa shape index (κ1) is 16.9. The molecule has 3 aliphatic rings. The Morgan fingerprint density at radius 2 is 2.00 bits per heavy atom. The second kappa shape index (κ2) is 6.54. The number of hydrogen-bond acceptors (Lipinski definition) is 3. The van der Waals surface area contributed by atoms with Crippen LogP contribution in [0.5, 0.6) is 0 Å². The first-order chi connectivity index (χ1) is 10.9. The summed E-state index contributed by atoms with van der Waals surface area (Å²) in [6.07, 6.45) is 9.26. The first-order valence-corrected chi connectivity index (χ1v) is 8.89. The van der Waals surface area contributed by atoms with Gasteiger partial charge in [-0.3, -0.25) is 0 Å². The molecule has 0 unspecified atom stereocenters. The van der Waals surface area contributed by atoms with E-state index in [2.05, 4.69) is 39.8 Å². The molecule has 0 aromatic heterocycles. The molecule has 23 heavy (non-hydrogen) atoms. The minimum atomic E-state index is -0.439. The Hall–Kier alpha value is -0.900. The van der Waals surface area contributed by atoms with Crippen molar-refractivity contribution in [3.8, 4) is 0 Å². The quantitative estimate of drug-likeness (QED) is 0.540. The minimum Gasteiger partial charge on any atom is -0.388 e. The van der Waals surface area contributed by atoms with Crippen molar-refractivity contribution in [1.82, 2.24) is 0 Å². The van der Waals surface area contributed by atoms with E-state index in [1.54, 1.807) is 0 Å². The lowest BCUT2D eigenvalue weighted by Crippen LogP contribution is -2.20. The third-order valence-electron chi connectivity index (χ3n) is 5.56. The van der Waals surface area contributed by atoms with Crippen LogP contribution in [0.1, 0.15) is 59.8 Å². The number of fused-ring (bicyclic) bond motifs is 2. The number of epoxide rings is 1. The highest BCUT2D eigenvalue weighted by Crippen LogP contribution is 2.44. The van der Waals surface area contributed by atoms with E-state index in [0.29, 0.717) is 19.1 Å². The Labute approximate surface area is 140 Å². The van der Waals surface area contributed by atoms with Crippen molar-refractivity contribution < 1.29 is 14.6 Å². The monoisotopic (exact) mass is 318 g/mol. The lowest BCUT2D eigenvalue weighted by molar-refractivity contribution is 0.127. The smallest absolute Gasteiger partial charge is 0.100 e. The van der Waals surface area contributed by atoms with Gasteiger partial charge < -0.3 is 14.6 Å². The van der Waals surface area contributed by atoms with Gasteiger partial charge in [-0.15, -0.1) is 0 Å². The van der Waals surface area contributed by atoms with E-state index in [1.807, 2.05) is 0 Å². The van der Waals surface area contributed by atoms with E-state index >= 15 is 0 Å². The molecule has 0 aromatic rings. The number of allylic oxidation sites excluding steroid dienone is 2. The van der Waals surface area contributed by atoms with Crippen LogP contribution in [0.2, 0.25) is 0 Å². The molecule has 1 aliphatic carbocycles. The van der Waals surface area contributed by atoms with Gasteiger partial charge in [0.1, 0.15) is 6.10 Å². The average Bonchev–Trinajstić information content (AvgIpc) is 2.97. The van der Waals surface area contributed by atoms with Crippen molar-refractivity contribution >= 4 is 0 Å². The molecule has 0 radical (unpaired) electrons. The summed E-state index contributed by atoms with van der Waals surface area (Å²) in [5, 5.41) is 10.7. The maximum atomic E-state index is 10.7. The van der Waals surface area contributed by atoms with Crippen molar-refractivity contribution in [3.05, 3.63) is 34.4 Å². The molecule has 0 aromatic carbocycles. The summed E-state index contributed by atoms with van der Waals surface area (Å²) in [6, 6.07) is 0. The minimum absolute atomic E-state index is 0.0608. The van der Waals surface area contributed by atoms with Gasteiger partial charge in [-0.25, -0.2) is 0 Å². The lowest BCUT2D eigenvalue weighted by Gasteiger charge is -2.19. The second-order valence-electron chi connectivity index (χ2n) is 7.75. The molecule has 1 fully saturated rings. The zero-order chi connectivity index (χ0) is 16.6. The fraction of sp³-hybridized carbons (Fsp3) is 0.700. The predicted octanol–water partition coefficient (Wildman–Crippen LogP) is 4.08. The fourth-order valence-corrected chi connectivity index (χ4v) is 3.92. The highest BCUT2D eigenvalue weighted by atomic mass is 16.6. The summed E-state index contributed by atoms with van der Waals surface area (Å²) in [7, 11) is 0. The highest BCUT2D eigenvalue weighted by molar-refractivity contribution is 5.32. The third-order valence-corrected chi connectivity index (χ3v) is 5.56. The molecular weight excluding hydrogens is 288 g/mol. The summed E-state index contributed by atoms with van der Waals surface area (Å²) < 4.78 is 11.8. The molecule has 128 valence electrons. The molecule has 0 bridgehead atoms. The Morgan fingerprint density at radius 1 is 1.22 bits per heavy atom. The molecule has 3 nitrogen and oxygen atoms in total. The van der Waals surface area contributed by atoms with Gasteiger partial charge in [0.25, 0.3) is 0 Å². The van der Waals surface area contributed by atoms with Gasteiger partial charge in [-0.1, -0.05) is 23.3 Å². The zero-order valence-corrected chi connectivity index (χ0v) is 14.9. The fourth-order valence-electron chi connectivity index (χ4n) is 3.92. The summed E-state index contributed by atoms with van der Waals surface area (Å²) >= 11 is 0. The molecule has 2 aliphatic heterocycles. The van der Waals surface area contributed by atoms with Gasteiger partial charge in [0, 0.05) is 0 Å². The Bertz CT molecular complexity index is 557. The van der Waals surface area contributed by atoms with E-state index in [9.17, 15) is 5.11 Å². The molecule has 1 saturated heterocycles. The molecule has 0 saturated carbocycles. The topological polar surface area (TPSA) is 42.0 Å². The summed E-state index contributed by atoms with van der Waals surface area (Å²) in [5.41, 5.74) is 4.90. The average molecular weight is 318 g/mol. The molecule has 4 atom stereocenters. The van der Waals surface area contributed by atoms with Crippen molar-refractivity contribution in [2.75, 3.05) is 6.61 Å². The number of rotatable bonds is 0. The van der Waals surface area contributed by atoms with Crippen LogP contribution in [0.15, 0.2) is 34.4 Å². The van der Waals surface area contributed by atoms with Gasteiger partial charge in [-0.2, -0.15) is 0 Å². The summed E-state index contributed by atoms with van der Waals surface area (Å²) in [6.45, 7) is 9.22. The Balaban J connectivity index is 1.82. The Kier molecular flexibility index (Phi) is 4.82. The molecule has 1 N–H and O–H groups in total. The molecule has 0 amide bonds. The van der Waals surface area contributed by atoms with Crippen LogP contribution in [0, 0.1) is 0 Å². The van der Waals surface area contributed by atoms with Crippen LogP contribution in [0.4, 0.5) is 0 Å². The van der Waals surface area contributed by atoms with E-state index in [0.717, 1.165) is 31.3 Å². The number of hydrogen-bond donors (Lipinski definition) is 1. The van der Waals surface area contributed by atoms with Crippen LogP contribution < -0.4 is 0 Å². The molecule has 2 heterocycles. The largest absolute Gasteiger partial charge is 0.388 e. The predicted molar refractivity (Wildman–Crippen MR) is 92.3 cm³/mol. The SMILES string of the molecule is CC1=C2[C@@H](O)C/C(C)=C\CC[C@]3(C)O[C@H]3CC/C(C)=C\[C@H]2OC1. The van der Waals surface area contributed by atoms with E-state index < -0.39 is 6.10 Å². The summed E-state index contributed by atoms with van der Waals surface area (Å²) in [5.74, 6) is 0. The molecular formula is C20H30O3. The van der Waals surface area contributed by atoms with Crippen LogP contribution in [-0.2, 0) is 9.47 Å². The van der Waals surface area contributed by atoms with Crippen LogP contribution in [-0.4, -0.2) is 35.6 Å². The van der Waals surface area contributed by atoms with Crippen LogP contribution in [0.3, 0.4) is 0 Å². The zero-order valence-electron chi connectivity index (χ0n) is 14.9. The maximum absolute atomic E-state index is 10.7. The normalized spacial score (nSPS) is 43.6. The van der Waals surface area contributed by atoms with Crippen LogP contribution in [0.25, 0.3) is 0 Å². The van der Waals surface area contributed by atoms with Crippen molar-refractivity contribution in [3.63, 3.8) is 0 Å². The maximum Gasteiger partial charge on any atom is 0.100 e. The van der Waals surface area contributed by atoms with Gasteiger partial charge in [0.05, 0.1) is 24.4 Å². The number of aliphatic hydroxyl groups excluding tert-OH is 1. The van der Waals surface area contributed by atoms with Crippen molar-refractivity contribution in [1.29, 1.82) is 0 Å². The third kappa shape index (κ3) is 3.78. The van der Waals surface area contributed by atoms with E-state index in [-0.39, 0.29) is 11.7 Å². The van der Waals surface area contributed by atoms with Gasteiger partial charge >= 0.3 is 0 Å². The number of aliphatic hydroxyl groups is 1.